The fourth-order valence-corrected chi connectivity index (χ4v) is 5.11. The van der Waals surface area contributed by atoms with Gasteiger partial charge in [-0.1, -0.05) is 71.6 Å². The normalized spacial score (nSPS) is 17.9. The molecule has 0 bridgehead atoms. The van der Waals surface area contributed by atoms with Crippen LogP contribution in [0.5, 0.6) is 5.75 Å². The SMILES string of the molecule is CCCCCCCCCCc1cnc(-c2ccc(OC(=O)C3CCC(CCC)CC3)c(F)c2)nc1. The van der Waals surface area contributed by atoms with Gasteiger partial charge in [-0.25, -0.2) is 14.4 Å². The van der Waals surface area contributed by atoms with Crippen LogP contribution < -0.4 is 4.74 Å². The molecule has 35 heavy (non-hydrogen) atoms. The van der Waals surface area contributed by atoms with Crippen LogP contribution in [-0.4, -0.2) is 15.9 Å². The van der Waals surface area contributed by atoms with Gasteiger partial charge in [-0.2, -0.15) is 0 Å². The molecule has 0 aliphatic heterocycles. The average Bonchev–Trinajstić information content (AvgIpc) is 2.88. The Morgan fingerprint density at radius 1 is 0.914 bits per heavy atom. The lowest BCUT2D eigenvalue weighted by Gasteiger charge is -2.26. The Bertz CT molecular complexity index is 892. The molecule has 1 aromatic carbocycles. The number of unbranched alkanes of at least 4 members (excludes halogenated alkanes) is 7. The van der Waals surface area contributed by atoms with E-state index < -0.39 is 5.82 Å². The van der Waals surface area contributed by atoms with Gasteiger partial charge in [0, 0.05) is 18.0 Å². The van der Waals surface area contributed by atoms with Crippen LogP contribution in [0, 0.1) is 17.7 Å². The van der Waals surface area contributed by atoms with Gasteiger partial charge in [-0.3, -0.25) is 4.79 Å². The van der Waals surface area contributed by atoms with Crippen LogP contribution >= 0.6 is 0 Å². The number of halogens is 1. The van der Waals surface area contributed by atoms with Crippen molar-refractivity contribution in [1.82, 2.24) is 9.97 Å². The molecular weight excluding hydrogens is 439 g/mol. The highest BCUT2D eigenvalue weighted by Gasteiger charge is 2.28. The van der Waals surface area contributed by atoms with Crippen molar-refractivity contribution in [2.24, 2.45) is 11.8 Å². The molecule has 0 amide bonds. The fourth-order valence-electron chi connectivity index (χ4n) is 5.11. The molecular formula is C30H43FN2O2. The lowest BCUT2D eigenvalue weighted by atomic mass is 9.80. The largest absolute Gasteiger partial charge is 0.423 e. The monoisotopic (exact) mass is 482 g/mol. The van der Waals surface area contributed by atoms with Crippen molar-refractivity contribution in [1.29, 1.82) is 0 Å². The van der Waals surface area contributed by atoms with Gasteiger partial charge >= 0.3 is 5.97 Å². The molecule has 0 saturated heterocycles. The number of benzene rings is 1. The van der Waals surface area contributed by atoms with E-state index in [2.05, 4.69) is 23.8 Å². The Hall–Kier alpha value is -2.30. The Morgan fingerprint density at radius 2 is 1.57 bits per heavy atom. The van der Waals surface area contributed by atoms with Crippen LogP contribution in [-0.2, 0) is 11.2 Å². The lowest BCUT2D eigenvalue weighted by Crippen LogP contribution is -2.26. The summed E-state index contributed by atoms with van der Waals surface area (Å²) in [5.74, 6) is 0.192. The van der Waals surface area contributed by atoms with Gasteiger partial charge in [0.2, 0.25) is 0 Å². The minimum absolute atomic E-state index is 0.0132. The quantitative estimate of drug-likeness (QED) is 0.154. The van der Waals surface area contributed by atoms with Gasteiger partial charge in [0.15, 0.2) is 17.4 Å². The number of rotatable bonds is 14. The van der Waals surface area contributed by atoms with Gasteiger partial charge in [-0.15, -0.1) is 0 Å². The lowest BCUT2D eigenvalue weighted by molar-refractivity contribution is -0.140. The van der Waals surface area contributed by atoms with E-state index in [9.17, 15) is 9.18 Å². The smallest absolute Gasteiger partial charge is 0.314 e. The molecule has 1 saturated carbocycles. The molecule has 0 radical (unpaired) electrons. The Kier molecular flexibility index (Phi) is 11.7. The van der Waals surface area contributed by atoms with Crippen LogP contribution in [0.25, 0.3) is 11.4 Å². The summed E-state index contributed by atoms with van der Waals surface area (Å²) in [5.41, 5.74) is 1.69. The summed E-state index contributed by atoms with van der Waals surface area (Å²) in [7, 11) is 0. The Labute approximate surface area is 211 Å². The van der Waals surface area contributed by atoms with E-state index in [1.807, 2.05) is 12.4 Å². The summed E-state index contributed by atoms with van der Waals surface area (Å²) >= 11 is 0. The first-order valence-electron chi connectivity index (χ1n) is 13.9. The van der Waals surface area contributed by atoms with Crippen LogP contribution in [0.4, 0.5) is 4.39 Å². The summed E-state index contributed by atoms with van der Waals surface area (Å²) in [5, 5.41) is 0. The third-order valence-electron chi connectivity index (χ3n) is 7.30. The number of nitrogens with zero attached hydrogens (tertiary/aromatic N) is 2. The number of carbonyl (C=O) groups is 1. The molecule has 0 spiro atoms. The van der Waals surface area contributed by atoms with E-state index in [-0.39, 0.29) is 17.6 Å². The van der Waals surface area contributed by atoms with Crippen LogP contribution in [0.2, 0.25) is 0 Å². The summed E-state index contributed by atoms with van der Waals surface area (Å²) in [4.78, 5) is 21.4. The second-order valence-electron chi connectivity index (χ2n) is 10.2. The van der Waals surface area contributed by atoms with E-state index in [4.69, 9.17) is 4.74 Å². The van der Waals surface area contributed by atoms with Gasteiger partial charge in [0.05, 0.1) is 5.92 Å². The molecule has 1 heterocycles. The summed E-state index contributed by atoms with van der Waals surface area (Å²) < 4.78 is 20.1. The molecule has 1 aromatic heterocycles. The van der Waals surface area contributed by atoms with Gasteiger partial charge in [0.1, 0.15) is 0 Å². The van der Waals surface area contributed by atoms with Crippen molar-refractivity contribution in [2.75, 3.05) is 0 Å². The summed E-state index contributed by atoms with van der Waals surface area (Å²) in [6, 6.07) is 4.59. The second kappa shape index (κ2) is 15.0. The van der Waals surface area contributed by atoms with E-state index in [1.165, 1.54) is 69.9 Å². The maximum absolute atomic E-state index is 14.7. The third kappa shape index (κ3) is 9.01. The first kappa shape index (κ1) is 27.3. The van der Waals surface area contributed by atoms with E-state index in [0.29, 0.717) is 17.3 Å². The Balaban J connectivity index is 1.44. The van der Waals surface area contributed by atoms with Crippen LogP contribution in [0.1, 0.15) is 109 Å². The first-order valence-corrected chi connectivity index (χ1v) is 13.9. The Morgan fingerprint density at radius 3 is 2.20 bits per heavy atom. The zero-order valence-electron chi connectivity index (χ0n) is 21.7. The third-order valence-corrected chi connectivity index (χ3v) is 7.30. The highest BCUT2D eigenvalue weighted by molar-refractivity contribution is 5.75. The molecule has 2 aromatic rings. The maximum Gasteiger partial charge on any atom is 0.314 e. The van der Waals surface area contributed by atoms with Crippen LogP contribution in [0.3, 0.4) is 0 Å². The molecule has 0 atom stereocenters. The van der Waals surface area contributed by atoms with Crippen molar-refractivity contribution in [2.45, 2.75) is 110 Å². The zero-order valence-corrected chi connectivity index (χ0v) is 21.7. The molecule has 0 unspecified atom stereocenters. The predicted octanol–water partition coefficient (Wildman–Crippen LogP) is 8.48. The summed E-state index contributed by atoms with van der Waals surface area (Å²) in [6.45, 7) is 4.44. The van der Waals surface area contributed by atoms with Gasteiger partial charge in [-0.05, 0) is 68.2 Å². The van der Waals surface area contributed by atoms with Crippen molar-refractivity contribution >= 4 is 5.97 Å². The number of hydrogen-bond acceptors (Lipinski definition) is 4. The highest BCUT2D eigenvalue weighted by atomic mass is 19.1. The molecule has 1 fully saturated rings. The molecule has 192 valence electrons. The maximum atomic E-state index is 14.7. The van der Waals surface area contributed by atoms with Crippen LogP contribution in [0.15, 0.2) is 30.6 Å². The fraction of sp³-hybridized carbons (Fsp3) is 0.633. The number of aromatic nitrogens is 2. The molecule has 1 aliphatic carbocycles. The zero-order chi connectivity index (χ0) is 24.9. The average molecular weight is 483 g/mol. The van der Waals surface area contributed by atoms with Crippen molar-refractivity contribution < 1.29 is 13.9 Å². The first-order chi connectivity index (χ1) is 17.1. The molecule has 0 N–H and O–H groups in total. The molecule has 3 rings (SSSR count). The number of aryl methyl sites for hydroxylation is 1. The second-order valence-corrected chi connectivity index (χ2v) is 10.2. The van der Waals surface area contributed by atoms with E-state index in [0.717, 1.165) is 44.1 Å². The number of carbonyl (C=O) groups excluding carboxylic acids is 1. The minimum atomic E-state index is -0.554. The molecule has 5 heteroatoms. The number of esters is 1. The van der Waals surface area contributed by atoms with E-state index >= 15 is 0 Å². The molecule has 4 nitrogen and oxygen atoms in total. The number of hydrogen-bond donors (Lipinski definition) is 0. The van der Waals surface area contributed by atoms with Gasteiger partial charge < -0.3 is 4.74 Å². The topological polar surface area (TPSA) is 52.1 Å². The predicted molar refractivity (Wildman–Crippen MR) is 140 cm³/mol. The van der Waals surface area contributed by atoms with E-state index in [1.54, 1.807) is 6.07 Å². The van der Waals surface area contributed by atoms with Crippen molar-refractivity contribution in [3.63, 3.8) is 0 Å². The van der Waals surface area contributed by atoms with Crippen molar-refractivity contribution in [3.8, 4) is 17.1 Å². The van der Waals surface area contributed by atoms with Gasteiger partial charge in [0.25, 0.3) is 0 Å². The van der Waals surface area contributed by atoms with Crippen molar-refractivity contribution in [3.05, 3.63) is 42.0 Å². The highest BCUT2D eigenvalue weighted by Crippen LogP contribution is 2.33. The summed E-state index contributed by atoms with van der Waals surface area (Å²) in [6.07, 6.45) is 21.2. The standard InChI is InChI=1S/C30H43FN2O2/c1-3-5-6-7-8-9-10-11-13-24-21-32-29(33-22-24)26-18-19-28(27(31)20-26)35-30(34)25-16-14-23(12-4-2)15-17-25/h18-23,25H,3-17H2,1-2H3. The number of ether oxygens (including phenoxy) is 1. The minimum Gasteiger partial charge on any atom is -0.423 e. The molecule has 1 aliphatic rings.